The molecule has 15 heavy (non-hydrogen) atoms. The topological polar surface area (TPSA) is 79.9 Å². The molecule has 0 aliphatic heterocycles. The average Bonchev–Trinajstić information content (AvgIpc) is 2.20. The molecule has 1 atom stereocenters. The summed E-state index contributed by atoms with van der Waals surface area (Å²) in [6.07, 6.45) is 1.04. The summed E-state index contributed by atoms with van der Waals surface area (Å²) in [6.45, 7) is 1.46. The Balaban J connectivity index is 3.41. The minimum atomic E-state index is -3.65. The molecule has 84 valence electrons. The summed E-state index contributed by atoms with van der Waals surface area (Å²) in [4.78, 5) is 17.0. The second-order valence-electron chi connectivity index (χ2n) is 2.86. The number of alkyl halides is 1. The van der Waals surface area contributed by atoms with Crippen molar-refractivity contribution in [1.29, 1.82) is 0 Å². The first-order chi connectivity index (χ1) is 6.91. The third-order valence-corrected chi connectivity index (χ3v) is 5.50. The van der Waals surface area contributed by atoms with Crippen molar-refractivity contribution >= 4 is 37.4 Å². The molecule has 0 radical (unpaired) electrons. The van der Waals surface area contributed by atoms with Crippen LogP contribution in [-0.2, 0) is 9.84 Å². The standard InChI is InChI=1S/C7H8BrClN2O3S/c1-4(2-9)15(13,14)7-5(8)6(12)10-3-11-7/h3-4H,2H2,1H3,(H,10,11,12). The monoisotopic (exact) mass is 314 g/mol. The number of hydrogen-bond acceptors (Lipinski definition) is 4. The minimum absolute atomic E-state index is 0.0523. The normalized spacial score (nSPS) is 13.8. The summed E-state index contributed by atoms with van der Waals surface area (Å²) >= 11 is 8.36. The molecule has 0 bridgehead atoms. The van der Waals surface area contributed by atoms with Crippen LogP contribution in [0.3, 0.4) is 0 Å². The second kappa shape index (κ2) is 4.63. The molecule has 5 nitrogen and oxygen atoms in total. The van der Waals surface area contributed by atoms with Gasteiger partial charge in [0.25, 0.3) is 5.56 Å². The molecule has 0 aliphatic carbocycles. The highest BCUT2D eigenvalue weighted by atomic mass is 79.9. The maximum Gasteiger partial charge on any atom is 0.266 e. The molecule has 0 aromatic carbocycles. The highest BCUT2D eigenvalue weighted by molar-refractivity contribution is 9.10. The molecule has 1 N–H and O–H groups in total. The Morgan fingerprint density at radius 1 is 1.67 bits per heavy atom. The van der Waals surface area contributed by atoms with Crippen molar-refractivity contribution in [1.82, 2.24) is 9.97 Å². The van der Waals surface area contributed by atoms with Gasteiger partial charge in [0.05, 0.1) is 11.6 Å². The van der Waals surface area contributed by atoms with Crippen molar-refractivity contribution < 1.29 is 8.42 Å². The van der Waals surface area contributed by atoms with Crippen LogP contribution >= 0.6 is 27.5 Å². The summed E-state index contributed by atoms with van der Waals surface area (Å²) in [5, 5.41) is -1.07. The van der Waals surface area contributed by atoms with Gasteiger partial charge in [-0.2, -0.15) is 0 Å². The van der Waals surface area contributed by atoms with Crippen LogP contribution in [0.1, 0.15) is 6.92 Å². The molecular weight excluding hydrogens is 308 g/mol. The molecule has 1 aromatic heterocycles. The number of H-pyrrole nitrogens is 1. The Bertz CT molecular complexity index is 513. The molecule has 1 rings (SSSR count). The van der Waals surface area contributed by atoms with Crippen molar-refractivity contribution in [2.45, 2.75) is 17.2 Å². The van der Waals surface area contributed by atoms with Crippen LogP contribution < -0.4 is 5.56 Å². The van der Waals surface area contributed by atoms with Gasteiger partial charge in [-0.3, -0.25) is 4.79 Å². The number of halogens is 2. The van der Waals surface area contributed by atoms with Crippen LogP contribution in [0.2, 0.25) is 0 Å². The van der Waals surface area contributed by atoms with E-state index >= 15 is 0 Å². The summed E-state index contributed by atoms with van der Waals surface area (Å²) in [5.74, 6) is -0.0523. The third kappa shape index (κ3) is 2.40. The van der Waals surface area contributed by atoms with Crippen molar-refractivity contribution in [3.63, 3.8) is 0 Å². The van der Waals surface area contributed by atoms with E-state index in [2.05, 4.69) is 25.9 Å². The maximum atomic E-state index is 11.8. The first kappa shape index (κ1) is 12.7. The van der Waals surface area contributed by atoms with E-state index in [1.165, 1.54) is 6.92 Å². The highest BCUT2D eigenvalue weighted by Gasteiger charge is 2.27. The number of aromatic amines is 1. The molecule has 0 aliphatic rings. The van der Waals surface area contributed by atoms with Crippen LogP contribution in [0.25, 0.3) is 0 Å². The van der Waals surface area contributed by atoms with E-state index in [0.29, 0.717) is 0 Å². The van der Waals surface area contributed by atoms with Crippen LogP contribution in [0.4, 0.5) is 0 Å². The van der Waals surface area contributed by atoms with Crippen LogP contribution in [0.15, 0.2) is 20.6 Å². The third-order valence-electron chi connectivity index (χ3n) is 1.78. The lowest BCUT2D eigenvalue weighted by Gasteiger charge is -2.09. The van der Waals surface area contributed by atoms with Crippen molar-refractivity contribution in [3.8, 4) is 0 Å². The Hall–Kier alpha value is -0.400. The Morgan fingerprint density at radius 2 is 2.27 bits per heavy atom. The molecular formula is C7H8BrClN2O3S. The lowest BCUT2D eigenvalue weighted by molar-refractivity contribution is 0.582. The van der Waals surface area contributed by atoms with Crippen molar-refractivity contribution in [2.75, 3.05) is 5.88 Å². The van der Waals surface area contributed by atoms with Crippen LogP contribution in [0.5, 0.6) is 0 Å². The zero-order valence-electron chi connectivity index (χ0n) is 7.70. The number of hydrogen-bond donors (Lipinski definition) is 1. The predicted molar refractivity (Wildman–Crippen MR) is 59.9 cm³/mol. The van der Waals surface area contributed by atoms with E-state index in [1.807, 2.05) is 0 Å². The molecule has 1 heterocycles. The number of nitrogens with one attached hydrogen (secondary N) is 1. The predicted octanol–water partition coefficient (Wildman–Crippen LogP) is 0.933. The number of rotatable bonds is 3. The zero-order chi connectivity index (χ0) is 11.6. The van der Waals surface area contributed by atoms with E-state index in [9.17, 15) is 13.2 Å². The Morgan fingerprint density at radius 3 is 2.80 bits per heavy atom. The molecule has 0 spiro atoms. The van der Waals surface area contributed by atoms with Crippen molar-refractivity contribution in [3.05, 3.63) is 21.2 Å². The zero-order valence-corrected chi connectivity index (χ0v) is 10.9. The van der Waals surface area contributed by atoms with Gasteiger partial charge < -0.3 is 4.98 Å². The van der Waals surface area contributed by atoms with E-state index in [4.69, 9.17) is 11.6 Å². The quantitative estimate of drug-likeness (QED) is 0.665. The van der Waals surface area contributed by atoms with E-state index in [0.717, 1.165) is 6.33 Å². The fourth-order valence-electron chi connectivity index (χ4n) is 0.839. The number of sulfone groups is 1. The minimum Gasteiger partial charge on any atom is -0.312 e. The van der Waals surface area contributed by atoms with Gasteiger partial charge in [0.1, 0.15) is 4.47 Å². The van der Waals surface area contributed by atoms with Gasteiger partial charge in [-0.25, -0.2) is 13.4 Å². The van der Waals surface area contributed by atoms with Gasteiger partial charge >= 0.3 is 0 Å². The van der Waals surface area contributed by atoms with E-state index < -0.39 is 20.6 Å². The largest absolute Gasteiger partial charge is 0.312 e. The Labute approximate surface area is 99.9 Å². The molecule has 0 fully saturated rings. The maximum absolute atomic E-state index is 11.8. The smallest absolute Gasteiger partial charge is 0.266 e. The number of aromatic nitrogens is 2. The number of nitrogens with zero attached hydrogens (tertiary/aromatic N) is 1. The average molecular weight is 316 g/mol. The summed E-state index contributed by atoms with van der Waals surface area (Å²) in [7, 11) is -3.65. The lowest BCUT2D eigenvalue weighted by atomic mass is 10.6. The Kier molecular flexibility index (Phi) is 3.91. The van der Waals surface area contributed by atoms with Gasteiger partial charge in [0, 0.05) is 5.88 Å². The van der Waals surface area contributed by atoms with Gasteiger partial charge in [-0.1, -0.05) is 0 Å². The molecule has 8 heteroatoms. The van der Waals surface area contributed by atoms with Gasteiger partial charge in [0.2, 0.25) is 9.84 Å². The molecule has 1 aromatic rings. The van der Waals surface area contributed by atoms with E-state index in [-0.39, 0.29) is 15.4 Å². The molecule has 0 saturated carbocycles. The fraction of sp³-hybridized carbons (Fsp3) is 0.429. The highest BCUT2D eigenvalue weighted by Crippen LogP contribution is 2.19. The fourth-order valence-corrected chi connectivity index (χ4v) is 3.32. The summed E-state index contributed by atoms with van der Waals surface area (Å²) < 4.78 is 23.5. The van der Waals surface area contributed by atoms with E-state index in [1.54, 1.807) is 0 Å². The SMILES string of the molecule is CC(CCl)S(=O)(=O)c1nc[nH]c(=O)c1Br. The molecule has 0 saturated heterocycles. The lowest BCUT2D eigenvalue weighted by Crippen LogP contribution is -2.24. The van der Waals surface area contributed by atoms with Crippen LogP contribution in [-0.4, -0.2) is 29.5 Å². The summed E-state index contributed by atoms with van der Waals surface area (Å²) in [6, 6.07) is 0. The second-order valence-corrected chi connectivity index (χ2v) is 6.24. The first-order valence-corrected chi connectivity index (χ1v) is 6.81. The summed E-state index contributed by atoms with van der Waals surface area (Å²) in [5.41, 5.74) is -0.537. The van der Waals surface area contributed by atoms with Gasteiger partial charge in [0.15, 0.2) is 5.03 Å². The molecule has 0 amide bonds. The van der Waals surface area contributed by atoms with Gasteiger partial charge in [-0.05, 0) is 22.9 Å². The van der Waals surface area contributed by atoms with Crippen LogP contribution in [0, 0.1) is 0 Å². The first-order valence-electron chi connectivity index (χ1n) is 3.94. The molecule has 1 unspecified atom stereocenters. The van der Waals surface area contributed by atoms with Crippen molar-refractivity contribution in [2.24, 2.45) is 0 Å². The van der Waals surface area contributed by atoms with Gasteiger partial charge in [-0.15, -0.1) is 11.6 Å².